The van der Waals surface area contributed by atoms with Gasteiger partial charge in [-0.1, -0.05) is 0 Å². The van der Waals surface area contributed by atoms with E-state index in [2.05, 4.69) is 26.8 Å². The molecule has 5 nitrogen and oxygen atoms in total. The summed E-state index contributed by atoms with van der Waals surface area (Å²) in [7, 11) is 0. The number of thioether (sulfide) groups is 1. The molecule has 2 rings (SSSR count). The van der Waals surface area contributed by atoms with Gasteiger partial charge in [-0.2, -0.15) is 11.8 Å². The van der Waals surface area contributed by atoms with Gasteiger partial charge in [-0.15, -0.1) is 5.10 Å². The van der Waals surface area contributed by atoms with Crippen LogP contribution in [0.4, 0.5) is 0 Å². The van der Waals surface area contributed by atoms with E-state index in [4.69, 9.17) is 0 Å². The third-order valence-electron chi connectivity index (χ3n) is 2.48. The first-order valence-corrected chi connectivity index (χ1v) is 6.90. The second kappa shape index (κ2) is 5.34. The number of H-pyrrole nitrogens is 1. The van der Waals surface area contributed by atoms with Crippen LogP contribution in [0.5, 0.6) is 0 Å². The van der Waals surface area contributed by atoms with E-state index in [0.717, 1.165) is 30.8 Å². The number of nitrogens with zero attached hydrogens (tertiary/aromatic N) is 2. The number of aromatic amines is 1. The summed E-state index contributed by atoms with van der Waals surface area (Å²) in [6.45, 7) is 0.687. The Morgan fingerprint density at radius 1 is 1.62 bits per heavy atom. The zero-order valence-electron chi connectivity index (χ0n) is 9.32. The summed E-state index contributed by atoms with van der Waals surface area (Å²) in [5.41, 5.74) is 0. The Morgan fingerprint density at radius 2 is 2.44 bits per heavy atom. The lowest BCUT2D eigenvalue weighted by Gasteiger charge is -2.00. The molecule has 1 saturated carbocycles. The number of aromatic nitrogens is 3. The molecule has 0 radical (unpaired) electrons. The molecule has 0 atom stereocenters. The first-order valence-electron chi connectivity index (χ1n) is 5.50. The minimum atomic E-state index is -0.177. The van der Waals surface area contributed by atoms with Crippen LogP contribution in [-0.4, -0.2) is 39.6 Å². The van der Waals surface area contributed by atoms with Crippen LogP contribution in [-0.2, 0) is 0 Å². The average molecular weight is 240 g/mol. The number of rotatable bonds is 6. The zero-order valence-corrected chi connectivity index (χ0v) is 10.1. The van der Waals surface area contributed by atoms with Crippen molar-refractivity contribution < 1.29 is 4.79 Å². The maximum atomic E-state index is 11.6. The van der Waals surface area contributed by atoms with Gasteiger partial charge in [0, 0.05) is 12.5 Å². The monoisotopic (exact) mass is 240 g/mol. The van der Waals surface area contributed by atoms with E-state index in [0.29, 0.717) is 12.5 Å². The molecule has 2 N–H and O–H groups in total. The molecule has 0 saturated heterocycles. The van der Waals surface area contributed by atoms with Crippen molar-refractivity contribution >= 4 is 17.7 Å². The highest BCUT2D eigenvalue weighted by Crippen LogP contribution is 2.37. The maximum absolute atomic E-state index is 11.6. The number of carbonyl (C=O) groups is 1. The van der Waals surface area contributed by atoms with E-state index in [-0.39, 0.29) is 11.7 Å². The summed E-state index contributed by atoms with van der Waals surface area (Å²) in [4.78, 5) is 15.8. The predicted molar refractivity (Wildman–Crippen MR) is 63.7 cm³/mol. The van der Waals surface area contributed by atoms with E-state index in [1.807, 2.05) is 0 Å². The molecule has 0 unspecified atom stereocenters. The van der Waals surface area contributed by atoms with Crippen molar-refractivity contribution in [2.75, 3.05) is 18.6 Å². The Labute approximate surface area is 98.8 Å². The van der Waals surface area contributed by atoms with Crippen LogP contribution in [0, 0.1) is 0 Å². The Morgan fingerprint density at radius 3 is 3.12 bits per heavy atom. The van der Waals surface area contributed by atoms with Gasteiger partial charge >= 0.3 is 0 Å². The summed E-state index contributed by atoms with van der Waals surface area (Å²) < 4.78 is 0. The fourth-order valence-corrected chi connectivity index (χ4v) is 1.85. The summed E-state index contributed by atoms with van der Waals surface area (Å²) in [5.74, 6) is 2.51. The number of nitrogens with one attached hydrogen (secondary N) is 2. The third-order valence-corrected chi connectivity index (χ3v) is 3.18. The van der Waals surface area contributed by atoms with Crippen LogP contribution in [0.25, 0.3) is 0 Å². The maximum Gasteiger partial charge on any atom is 0.290 e. The van der Waals surface area contributed by atoms with Crippen LogP contribution in [0.1, 0.15) is 41.6 Å². The van der Waals surface area contributed by atoms with Crippen molar-refractivity contribution in [1.82, 2.24) is 20.5 Å². The van der Waals surface area contributed by atoms with Crippen LogP contribution in [0.15, 0.2) is 0 Å². The van der Waals surface area contributed by atoms with Crippen molar-refractivity contribution in [3.63, 3.8) is 0 Å². The largest absolute Gasteiger partial charge is 0.349 e. The Kier molecular flexibility index (Phi) is 3.82. The summed E-state index contributed by atoms with van der Waals surface area (Å²) in [5, 5.41) is 9.56. The van der Waals surface area contributed by atoms with Gasteiger partial charge in [0.05, 0.1) is 0 Å². The Balaban J connectivity index is 1.78. The van der Waals surface area contributed by atoms with E-state index in [9.17, 15) is 4.79 Å². The van der Waals surface area contributed by atoms with Crippen molar-refractivity contribution in [3.05, 3.63) is 11.6 Å². The molecule has 1 aromatic rings. The van der Waals surface area contributed by atoms with Gasteiger partial charge in [-0.3, -0.25) is 9.89 Å². The molecule has 0 spiro atoms. The number of carbonyl (C=O) groups excluding carboxylic acids is 1. The SMILES string of the molecule is CSCCCNC(=O)c1n[nH]c(C2CC2)n1. The topological polar surface area (TPSA) is 70.7 Å². The normalized spacial score (nSPS) is 15.1. The van der Waals surface area contributed by atoms with E-state index < -0.39 is 0 Å². The second-order valence-corrected chi connectivity index (χ2v) is 4.91. The van der Waals surface area contributed by atoms with E-state index >= 15 is 0 Å². The zero-order chi connectivity index (χ0) is 11.4. The predicted octanol–water partition coefficient (Wildman–Crippen LogP) is 1.16. The molecule has 6 heteroatoms. The van der Waals surface area contributed by atoms with Crippen LogP contribution in [0.2, 0.25) is 0 Å². The summed E-state index contributed by atoms with van der Waals surface area (Å²) >= 11 is 1.78. The molecular formula is C10H16N4OS. The Hall–Kier alpha value is -1.04. The number of hydrogen-bond acceptors (Lipinski definition) is 4. The standard InChI is InChI=1S/C10H16N4OS/c1-16-6-2-5-11-10(15)9-12-8(13-14-9)7-3-4-7/h7H,2-6H2,1H3,(H,11,15)(H,12,13,14). The van der Waals surface area contributed by atoms with Crippen molar-refractivity contribution in [3.8, 4) is 0 Å². The van der Waals surface area contributed by atoms with Gasteiger partial charge in [0.2, 0.25) is 5.82 Å². The Bertz CT molecular complexity index is 361. The minimum absolute atomic E-state index is 0.177. The lowest BCUT2D eigenvalue weighted by molar-refractivity contribution is 0.0944. The van der Waals surface area contributed by atoms with Crippen molar-refractivity contribution in [2.24, 2.45) is 0 Å². The molecule has 1 amide bonds. The summed E-state index contributed by atoms with van der Waals surface area (Å²) in [6.07, 6.45) is 5.35. The molecule has 0 aliphatic heterocycles. The van der Waals surface area contributed by atoms with Gasteiger partial charge in [-0.05, 0) is 31.3 Å². The van der Waals surface area contributed by atoms with Crippen LogP contribution in [0.3, 0.4) is 0 Å². The van der Waals surface area contributed by atoms with E-state index in [1.54, 1.807) is 11.8 Å². The fourth-order valence-electron chi connectivity index (χ4n) is 1.41. The average Bonchev–Trinajstić information content (AvgIpc) is 3.02. The highest BCUT2D eigenvalue weighted by atomic mass is 32.2. The van der Waals surface area contributed by atoms with Gasteiger partial charge in [-0.25, -0.2) is 4.98 Å². The molecule has 1 aliphatic rings. The fraction of sp³-hybridized carbons (Fsp3) is 0.700. The van der Waals surface area contributed by atoms with Crippen molar-refractivity contribution in [1.29, 1.82) is 0 Å². The second-order valence-electron chi connectivity index (χ2n) is 3.92. The third kappa shape index (κ3) is 2.98. The lowest BCUT2D eigenvalue weighted by Crippen LogP contribution is -2.25. The van der Waals surface area contributed by atoms with Gasteiger partial charge in [0.25, 0.3) is 5.91 Å². The molecule has 1 fully saturated rings. The molecule has 0 aromatic carbocycles. The number of amides is 1. The van der Waals surface area contributed by atoms with E-state index in [1.165, 1.54) is 0 Å². The smallest absolute Gasteiger partial charge is 0.290 e. The summed E-state index contributed by atoms with van der Waals surface area (Å²) in [6, 6.07) is 0. The molecule has 0 bridgehead atoms. The van der Waals surface area contributed by atoms with Crippen LogP contribution >= 0.6 is 11.8 Å². The number of hydrogen-bond donors (Lipinski definition) is 2. The minimum Gasteiger partial charge on any atom is -0.349 e. The first-order chi connectivity index (χ1) is 7.81. The molecular weight excluding hydrogens is 224 g/mol. The molecule has 1 aromatic heterocycles. The molecule has 16 heavy (non-hydrogen) atoms. The van der Waals surface area contributed by atoms with Gasteiger partial charge in [0.15, 0.2) is 0 Å². The van der Waals surface area contributed by atoms with Crippen molar-refractivity contribution in [2.45, 2.75) is 25.2 Å². The molecule has 1 aliphatic carbocycles. The molecule has 1 heterocycles. The van der Waals surface area contributed by atoms with Gasteiger partial charge in [0.1, 0.15) is 5.82 Å². The highest BCUT2D eigenvalue weighted by molar-refractivity contribution is 7.98. The highest BCUT2D eigenvalue weighted by Gasteiger charge is 2.28. The van der Waals surface area contributed by atoms with Gasteiger partial charge < -0.3 is 5.32 Å². The first kappa shape index (κ1) is 11.4. The molecule has 88 valence electrons. The quantitative estimate of drug-likeness (QED) is 0.732. The van der Waals surface area contributed by atoms with Crippen LogP contribution < -0.4 is 5.32 Å². The lowest BCUT2D eigenvalue weighted by atomic mass is 10.4.